The van der Waals surface area contributed by atoms with Crippen LogP contribution in [-0.4, -0.2) is 37.8 Å². The quantitative estimate of drug-likeness (QED) is 0.286. The van der Waals surface area contributed by atoms with E-state index in [1.165, 1.54) is 11.3 Å². The molecule has 1 aromatic heterocycles. The fraction of sp³-hybridized carbons (Fsp3) is 0.389. The first-order valence-electron chi connectivity index (χ1n) is 8.17. The van der Waals surface area contributed by atoms with Gasteiger partial charge in [0.1, 0.15) is 6.10 Å². The number of hydrogen-bond acceptors (Lipinski definition) is 4. The second kappa shape index (κ2) is 12.5. The van der Waals surface area contributed by atoms with Gasteiger partial charge in [-0.15, -0.1) is 35.3 Å². The molecule has 0 saturated heterocycles. The lowest BCUT2D eigenvalue weighted by atomic mass is 10.1. The van der Waals surface area contributed by atoms with Gasteiger partial charge in [0.25, 0.3) is 0 Å². The minimum absolute atomic E-state index is 0. The van der Waals surface area contributed by atoms with Gasteiger partial charge in [-0.1, -0.05) is 41.9 Å². The molecule has 1 heterocycles. The van der Waals surface area contributed by atoms with E-state index in [2.05, 4.69) is 15.6 Å². The maximum Gasteiger partial charge on any atom is 0.191 e. The third kappa shape index (κ3) is 7.40. The Morgan fingerprint density at radius 2 is 1.96 bits per heavy atom. The van der Waals surface area contributed by atoms with Gasteiger partial charge >= 0.3 is 0 Å². The summed E-state index contributed by atoms with van der Waals surface area (Å²) in [6.45, 7) is 3.57. The molecule has 2 unspecified atom stereocenters. The van der Waals surface area contributed by atoms with Crippen molar-refractivity contribution in [3.8, 4) is 0 Å². The molecule has 5 nitrogen and oxygen atoms in total. The van der Waals surface area contributed by atoms with Crippen molar-refractivity contribution in [1.29, 1.82) is 0 Å². The van der Waals surface area contributed by atoms with E-state index in [0.29, 0.717) is 16.8 Å². The van der Waals surface area contributed by atoms with E-state index in [1.807, 2.05) is 43.3 Å². The van der Waals surface area contributed by atoms with Crippen molar-refractivity contribution in [2.75, 3.05) is 26.7 Å². The van der Waals surface area contributed by atoms with Crippen LogP contribution < -0.4 is 10.6 Å². The van der Waals surface area contributed by atoms with Crippen LogP contribution in [0.5, 0.6) is 0 Å². The number of aliphatic hydroxyl groups is 1. The summed E-state index contributed by atoms with van der Waals surface area (Å²) in [6, 6.07) is 13.6. The van der Waals surface area contributed by atoms with Gasteiger partial charge < -0.3 is 20.5 Å². The van der Waals surface area contributed by atoms with Crippen molar-refractivity contribution in [3.63, 3.8) is 0 Å². The van der Waals surface area contributed by atoms with Crippen LogP contribution in [0.3, 0.4) is 0 Å². The van der Waals surface area contributed by atoms with Gasteiger partial charge in [-0.2, -0.15) is 0 Å². The minimum Gasteiger partial charge on any atom is -0.386 e. The second-order valence-electron chi connectivity index (χ2n) is 5.39. The minimum atomic E-state index is -0.666. The standard InChI is InChI=1S/C18H24ClN3O2S.HI/c1-3-20-18(21-11-14(23)16-9-10-17(19)25-16)22-12-15(24-2)13-7-5-4-6-8-13;/h4-10,14-15,23H,3,11-12H2,1-2H3,(H2,20,21,22);1H. The Labute approximate surface area is 180 Å². The first-order chi connectivity index (χ1) is 12.1. The van der Waals surface area contributed by atoms with E-state index >= 15 is 0 Å². The average Bonchev–Trinajstić information content (AvgIpc) is 3.07. The van der Waals surface area contributed by atoms with Crippen molar-refractivity contribution in [3.05, 3.63) is 57.2 Å². The van der Waals surface area contributed by atoms with Crippen LogP contribution in [0.25, 0.3) is 0 Å². The fourth-order valence-corrected chi connectivity index (χ4v) is 3.35. The number of aliphatic hydroxyl groups excluding tert-OH is 1. The molecule has 0 aliphatic rings. The molecule has 0 bridgehead atoms. The van der Waals surface area contributed by atoms with Crippen molar-refractivity contribution in [1.82, 2.24) is 10.6 Å². The molecule has 0 radical (unpaired) electrons. The number of hydrogen-bond donors (Lipinski definition) is 3. The summed E-state index contributed by atoms with van der Waals surface area (Å²) < 4.78 is 6.22. The second-order valence-corrected chi connectivity index (χ2v) is 7.14. The smallest absolute Gasteiger partial charge is 0.191 e. The highest BCUT2D eigenvalue weighted by molar-refractivity contribution is 14.0. The third-order valence-corrected chi connectivity index (χ3v) is 4.93. The molecule has 8 heteroatoms. The summed E-state index contributed by atoms with van der Waals surface area (Å²) in [5.41, 5.74) is 1.10. The number of halogens is 2. The fourth-order valence-electron chi connectivity index (χ4n) is 2.31. The molecule has 26 heavy (non-hydrogen) atoms. The van der Waals surface area contributed by atoms with Crippen LogP contribution in [0.2, 0.25) is 4.34 Å². The number of thiophene rings is 1. The molecule has 0 saturated carbocycles. The van der Waals surface area contributed by atoms with E-state index in [9.17, 15) is 5.11 Å². The van der Waals surface area contributed by atoms with Crippen LogP contribution >= 0.6 is 46.9 Å². The van der Waals surface area contributed by atoms with Gasteiger partial charge in [0, 0.05) is 25.1 Å². The number of benzene rings is 1. The molecular weight excluding hydrogens is 485 g/mol. The Morgan fingerprint density at radius 1 is 1.23 bits per heavy atom. The lowest BCUT2D eigenvalue weighted by molar-refractivity contribution is 0.106. The number of nitrogens with one attached hydrogen (secondary N) is 2. The van der Waals surface area contributed by atoms with Crippen molar-refractivity contribution < 1.29 is 9.84 Å². The van der Waals surface area contributed by atoms with Crippen molar-refractivity contribution in [2.45, 2.75) is 19.1 Å². The predicted octanol–water partition coefficient (Wildman–Crippen LogP) is 4.00. The zero-order valence-corrected chi connectivity index (χ0v) is 18.7. The summed E-state index contributed by atoms with van der Waals surface area (Å²) in [6.07, 6.45) is -0.744. The Bertz CT molecular complexity index is 669. The average molecular weight is 510 g/mol. The maximum absolute atomic E-state index is 10.2. The van der Waals surface area contributed by atoms with Gasteiger partial charge in [-0.25, -0.2) is 0 Å². The first-order valence-corrected chi connectivity index (χ1v) is 9.36. The van der Waals surface area contributed by atoms with Gasteiger partial charge in [0.15, 0.2) is 5.96 Å². The Balaban J connectivity index is 0.00000338. The van der Waals surface area contributed by atoms with Crippen LogP contribution in [0.1, 0.15) is 29.6 Å². The monoisotopic (exact) mass is 509 g/mol. The normalized spacial score (nSPS) is 13.6. The topological polar surface area (TPSA) is 65.9 Å². The van der Waals surface area contributed by atoms with E-state index in [1.54, 1.807) is 13.2 Å². The number of ether oxygens (including phenoxy) is 1. The SMILES string of the molecule is CCNC(=NCC(O)c1ccc(Cl)s1)NCC(OC)c1ccccc1.I. The van der Waals surface area contributed by atoms with E-state index in [-0.39, 0.29) is 36.6 Å². The molecule has 3 N–H and O–H groups in total. The largest absolute Gasteiger partial charge is 0.386 e. The zero-order chi connectivity index (χ0) is 18.1. The molecular formula is C18H25ClIN3O2S. The van der Waals surface area contributed by atoms with E-state index in [4.69, 9.17) is 16.3 Å². The molecule has 2 aromatic rings. The number of methoxy groups -OCH3 is 1. The van der Waals surface area contributed by atoms with Crippen LogP contribution in [0.4, 0.5) is 0 Å². The van der Waals surface area contributed by atoms with Crippen LogP contribution in [-0.2, 0) is 4.74 Å². The highest BCUT2D eigenvalue weighted by Crippen LogP contribution is 2.26. The lowest BCUT2D eigenvalue weighted by Gasteiger charge is -2.19. The predicted molar refractivity (Wildman–Crippen MR) is 120 cm³/mol. The van der Waals surface area contributed by atoms with E-state index < -0.39 is 6.10 Å². The molecule has 2 atom stereocenters. The summed E-state index contributed by atoms with van der Waals surface area (Å²) in [5.74, 6) is 0.641. The molecule has 144 valence electrons. The third-order valence-electron chi connectivity index (χ3n) is 3.60. The molecule has 2 rings (SSSR count). The number of guanidine groups is 1. The van der Waals surface area contributed by atoms with Gasteiger partial charge in [-0.3, -0.25) is 4.99 Å². The molecule has 0 amide bonds. The van der Waals surface area contributed by atoms with Gasteiger partial charge in [0.05, 0.1) is 17.0 Å². The van der Waals surface area contributed by atoms with Crippen molar-refractivity contribution in [2.24, 2.45) is 4.99 Å². The Kier molecular flexibility index (Phi) is 11.1. The van der Waals surface area contributed by atoms with Gasteiger partial charge in [0.2, 0.25) is 0 Å². The molecule has 0 fully saturated rings. The molecule has 0 aliphatic heterocycles. The molecule has 0 aliphatic carbocycles. The van der Waals surface area contributed by atoms with E-state index in [0.717, 1.165) is 17.0 Å². The number of rotatable bonds is 8. The summed E-state index contributed by atoms with van der Waals surface area (Å²) >= 11 is 7.27. The highest BCUT2D eigenvalue weighted by Gasteiger charge is 2.12. The van der Waals surface area contributed by atoms with Crippen molar-refractivity contribution >= 4 is 52.9 Å². The highest BCUT2D eigenvalue weighted by atomic mass is 127. The number of aliphatic imine (C=N–C) groups is 1. The van der Waals surface area contributed by atoms with Crippen LogP contribution in [0, 0.1) is 0 Å². The Morgan fingerprint density at radius 3 is 2.54 bits per heavy atom. The number of nitrogens with zero attached hydrogens (tertiary/aromatic N) is 1. The molecule has 0 spiro atoms. The first kappa shape index (κ1) is 23.2. The summed E-state index contributed by atoms with van der Waals surface area (Å²) in [5, 5.41) is 16.7. The summed E-state index contributed by atoms with van der Waals surface area (Å²) in [4.78, 5) is 5.26. The molecule has 1 aromatic carbocycles. The lowest BCUT2D eigenvalue weighted by Crippen LogP contribution is -2.40. The maximum atomic E-state index is 10.2. The zero-order valence-electron chi connectivity index (χ0n) is 14.8. The van der Waals surface area contributed by atoms with Gasteiger partial charge in [-0.05, 0) is 24.6 Å². The van der Waals surface area contributed by atoms with Crippen LogP contribution in [0.15, 0.2) is 47.5 Å². The Hall–Kier alpha value is -0.870. The summed E-state index contributed by atoms with van der Waals surface area (Å²) in [7, 11) is 1.69.